The highest BCUT2D eigenvalue weighted by atomic mass is 35.5. The van der Waals surface area contributed by atoms with Crippen LogP contribution >= 0.6 is 11.6 Å². The molecule has 5 heteroatoms. The van der Waals surface area contributed by atoms with Gasteiger partial charge in [0.2, 0.25) is 0 Å². The average molecular weight is 200 g/mol. The van der Waals surface area contributed by atoms with Crippen LogP contribution in [-0.2, 0) is 0 Å². The lowest BCUT2D eigenvalue weighted by atomic mass is 9.92. The van der Waals surface area contributed by atoms with Crippen LogP contribution in [0.2, 0.25) is 0 Å². The Balaban J connectivity index is 2.02. The quantitative estimate of drug-likeness (QED) is 0.698. The number of aromatic amines is 1. The minimum absolute atomic E-state index is 0.180. The third kappa shape index (κ3) is 1.83. The van der Waals surface area contributed by atoms with Gasteiger partial charge in [0.15, 0.2) is 5.82 Å². The zero-order valence-corrected chi connectivity index (χ0v) is 7.71. The molecule has 2 N–H and O–H groups in total. The van der Waals surface area contributed by atoms with Crippen LogP contribution in [0.15, 0.2) is 17.2 Å². The van der Waals surface area contributed by atoms with E-state index in [4.69, 9.17) is 11.6 Å². The van der Waals surface area contributed by atoms with E-state index in [-0.39, 0.29) is 10.9 Å². The Morgan fingerprint density at radius 3 is 3.00 bits per heavy atom. The van der Waals surface area contributed by atoms with E-state index in [9.17, 15) is 4.79 Å². The van der Waals surface area contributed by atoms with Gasteiger partial charge < -0.3 is 10.3 Å². The smallest absolute Gasteiger partial charge is 0.290 e. The summed E-state index contributed by atoms with van der Waals surface area (Å²) in [6.45, 7) is 0. The summed E-state index contributed by atoms with van der Waals surface area (Å²) in [6, 6.07) is 0.304. The van der Waals surface area contributed by atoms with E-state index >= 15 is 0 Å². The minimum Gasteiger partial charge on any atom is -0.363 e. The van der Waals surface area contributed by atoms with E-state index in [1.54, 1.807) is 6.20 Å². The van der Waals surface area contributed by atoms with E-state index < -0.39 is 0 Å². The molecule has 13 heavy (non-hydrogen) atoms. The zero-order chi connectivity index (χ0) is 9.26. The number of aromatic nitrogens is 2. The molecule has 0 radical (unpaired) electrons. The van der Waals surface area contributed by atoms with Crippen molar-refractivity contribution in [2.45, 2.75) is 24.3 Å². The molecule has 4 nitrogen and oxygen atoms in total. The molecule has 70 valence electrons. The molecule has 1 aromatic heterocycles. The second-order valence-electron chi connectivity index (χ2n) is 3.18. The summed E-state index contributed by atoms with van der Waals surface area (Å²) in [6.07, 6.45) is 4.87. The van der Waals surface area contributed by atoms with Crippen LogP contribution in [-0.4, -0.2) is 21.4 Å². The first kappa shape index (κ1) is 8.56. The van der Waals surface area contributed by atoms with E-state index in [1.807, 2.05) is 0 Å². The van der Waals surface area contributed by atoms with E-state index in [2.05, 4.69) is 15.3 Å². The normalized spacial score (nSPS) is 26.5. The molecular weight excluding hydrogens is 190 g/mol. The Hall–Kier alpha value is -1.03. The first-order chi connectivity index (χ1) is 6.25. The number of alkyl halides is 1. The predicted octanol–water partition coefficient (Wildman–Crippen LogP) is 0.952. The van der Waals surface area contributed by atoms with Crippen molar-refractivity contribution in [3.05, 3.63) is 22.7 Å². The van der Waals surface area contributed by atoms with Gasteiger partial charge >= 0.3 is 0 Å². The van der Waals surface area contributed by atoms with Gasteiger partial charge in [-0.15, -0.1) is 11.6 Å². The van der Waals surface area contributed by atoms with Gasteiger partial charge in [-0.05, 0) is 12.8 Å². The molecule has 0 unspecified atom stereocenters. The SMILES string of the molecule is O=c1[nH]ccnc1NC1CC(Cl)C1. The number of halogens is 1. The summed E-state index contributed by atoms with van der Waals surface area (Å²) in [4.78, 5) is 17.6. The predicted molar refractivity (Wildman–Crippen MR) is 51.1 cm³/mol. The first-order valence-electron chi connectivity index (χ1n) is 4.20. The lowest BCUT2D eigenvalue weighted by Gasteiger charge is -2.31. The van der Waals surface area contributed by atoms with Gasteiger partial charge in [0.05, 0.1) is 0 Å². The van der Waals surface area contributed by atoms with Crippen LogP contribution in [0, 0.1) is 0 Å². The van der Waals surface area contributed by atoms with Crippen molar-refractivity contribution in [2.24, 2.45) is 0 Å². The van der Waals surface area contributed by atoms with Crippen LogP contribution < -0.4 is 10.9 Å². The van der Waals surface area contributed by atoms with Gasteiger partial charge in [0.25, 0.3) is 5.56 Å². The number of nitrogens with zero attached hydrogens (tertiary/aromatic N) is 1. The number of nitrogens with one attached hydrogen (secondary N) is 2. The molecule has 1 aromatic rings. The molecule has 0 bridgehead atoms. The monoisotopic (exact) mass is 199 g/mol. The molecule has 0 amide bonds. The van der Waals surface area contributed by atoms with Crippen molar-refractivity contribution >= 4 is 17.4 Å². The largest absolute Gasteiger partial charge is 0.363 e. The van der Waals surface area contributed by atoms with Crippen molar-refractivity contribution in [3.8, 4) is 0 Å². The number of hydrogen-bond donors (Lipinski definition) is 2. The van der Waals surface area contributed by atoms with Crippen molar-refractivity contribution in [2.75, 3.05) is 5.32 Å². The highest BCUT2D eigenvalue weighted by Gasteiger charge is 2.27. The Kier molecular flexibility index (Phi) is 2.22. The third-order valence-corrected chi connectivity index (χ3v) is 2.49. The second-order valence-corrected chi connectivity index (χ2v) is 3.79. The van der Waals surface area contributed by atoms with Crippen LogP contribution in [0.5, 0.6) is 0 Å². The maximum Gasteiger partial charge on any atom is 0.290 e. The highest BCUT2D eigenvalue weighted by Crippen LogP contribution is 2.26. The molecule has 1 heterocycles. The van der Waals surface area contributed by atoms with E-state index in [0.717, 1.165) is 12.8 Å². The Labute approximate surface area is 80.3 Å². The van der Waals surface area contributed by atoms with Crippen molar-refractivity contribution in [1.29, 1.82) is 0 Å². The van der Waals surface area contributed by atoms with Gasteiger partial charge in [0, 0.05) is 23.8 Å². The molecule has 2 rings (SSSR count). The van der Waals surface area contributed by atoms with Crippen molar-refractivity contribution in [3.63, 3.8) is 0 Å². The van der Waals surface area contributed by atoms with Gasteiger partial charge in [0.1, 0.15) is 0 Å². The molecule has 0 aliphatic heterocycles. The van der Waals surface area contributed by atoms with Crippen LogP contribution in [0.3, 0.4) is 0 Å². The summed E-state index contributed by atoms with van der Waals surface area (Å²) in [5, 5.41) is 3.29. The van der Waals surface area contributed by atoms with Gasteiger partial charge in [-0.2, -0.15) is 0 Å². The molecule has 1 saturated carbocycles. The number of anilines is 1. The fraction of sp³-hybridized carbons (Fsp3) is 0.500. The Morgan fingerprint density at radius 2 is 2.38 bits per heavy atom. The lowest BCUT2D eigenvalue weighted by molar-refractivity contribution is 0.453. The fourth-order valence-electron chi connectivity index (χ4n) is 1.31. The van der Waals surface area contributed by atoms with E-state index in [1.165, 1.54) is 6.20 Å². The molecule has 0 aromatic carbocycles. The third-order valence-electron chi connectivity index (χ3n) is 2.13. The highest BCUT2D eigenvalue weighted by molar-refractivity contribution is 6.21. The molecule has 0 spiro atoms. The minimum atomic E-state index is -0.180. The molecular formula is C8H10ClN3O. The standard InChI is InChI=1S/C8H10ClN3O/c9-5-3-6(4-5)12-7-8(13)11-2-1-10-7/h1-2,5-6H,3-4H2,(H,10,12)(H,11,13). The van der Waals surface area contributed by atoms with Gasteiger partial charge in [-0.25, -0.2) is 4.98 Å². The van der Waals surface area contributed by atoms with Crippen LogP contribution in [0.4, 0.5) is 5.82 Å². The molecule has 1 aliphatic carbocycles. The summed E-state index contributed by atoms with van der Waals surface area (Å²) in [5.41, 5.74) is -0.180. The molecule has 1 aliphatic rings. The van der Waals surface area contributed by atoms with Gasteiger partial charge in [-0.1, -0.05) is 0 Å². The molecule has 0 atom stereocenters. The fourth-order valence-corrected chi connectivity index (χ4v) is 1.74. The van der Waals surface area contributed by atoms with Crippen molar-refractivity contribution in [1.82, 2.24) is 9.97 Å². The maximum atomic E-state index is 11.2. The number of rotatable bonds is 2. The summed E-state index contributed by atoms with van der Waals surface area (Å²) >= 11 is 5.80. The Morgan fingerprint density at radius 1 is 1.62 bits per heavy atom. The molecule has 0 saturated heterocycles. The van der Waals surface area contributed by atoms with Crippen LogP contribution in [0.1, 0.15) is 12.8 Å². The van der Waals surface area contributed by atoms with E-state index in [0.29, 0.717) is 11.9 Å². The average Bonchev–Trinajstić information content (AvgIpc) is 2.06. The Bertz CT molecular complexity index is 345. The molecule has 1 fully saturated rings. The van der Waals surface area contributed by atoms with Crippen LogP contribution in [0.25, 0.3) is 0 Å². The lowest BCUT2D eigenvalue weighted by Crippen LogP contribution is -2.37. The maximum absolute atomic E-state index is 11.2. The van der Waals surface area contributed by atoms with Crippen molar-refractivity contribution < 1.29 is 0 Å². The first-order valence-corrected chi connectivity index (χ1v) is 4.63. The topological polar surface area (TPSA) is 57.8 Å². The van der Waals surface area contributed by atoms with Gasteiger partial charge in [-0.3, -0.25) is 4.79 Å². The summed E-state index contributed by atoms with van der Waals surface area (Å²) < 4.78 is 0. The number of hydrogen-bond acceptors (Lipinski definition) is 3. The second kappa shape index (κ2) is 3.38. The zero-order valence-electron chi connectivity index (χ0n) is 6.96. The number of H-pyrrole nitrogens is 1. The summed E-state index contributed by atoms with van der Waals surface area (Å²) in [5.74, 6) is 0.385. The summed E-state index contributed by atoms with van der Waals surface area (Å²) in [7, 11) is 0.